The van der Waals surface area contributed by atoms with Crippen molar-refractivity contribution in [2.75, 3.05) is 5.32 Å². The molecule has 31 heavy (non-hydrogen) atoms. The number of fused-ring (bicyclic) bond motifs is 1. The zero-order valence-electron chi connectivity index (χ0n) is 19.2. The van der Waals surface area contributed by atoms with Crippen LogP contribution >= 0.6 is 0 Å². The Morgan fingerprint density at radius 2 is 1.71 bits per heavy atom. The van der Waals surface area contributed by atoms with E-state index in [9.17, 15) is 9.59 Å². The van der Waals surface area contributed by atoms with Gasteiger partial charge >= 0.3 is 0 Å². The van der Waals surface area contributed by atoms with Gasteiger partial charge in [0.2, 0.25) is 5.91 Å². The average Bonchev–Trinajstić information content (AvgIpc) is 2.91. The van der Waals surface area contributed by atoms with E-state index in [1.165, 1.54) is 22.3 Å². The van der Waals surface area contributed by atoms with Crippen molar-refractivity contribution in [2.45, 2.75) is 72.1 Å². The quantitative estimate of drug-likeness (QED) is 0.571. The van der Waals surface area contributed by atoms with E-state index in [-0.39, 0.29) is 17.7 Å². The van der Waals surface area contributed by atoms with Gasteiger partial charge in [-0.3, -0.25) is 9.59 Å². The molecule has 3 heteroatoms. The summed E-state index contributed by atoms with van der Waals surface area (Å²) in [6.45, 7) is 6.28. The predicted molar refractivity (Wildman–Crippen MR) is 127 cm³/mol. The SMILES string of the molecule is Cc1ccc(NC(=O)C2CCC(CC3CCCc4c(C)cccc4C3=O)CC2)cc1C. The predicted octanol–water partition coefficient (Wildman–Crippen LogP) is 6.58. The van der Waals surface area contributed by atoms with Crippen LogP contribution in [0, 0.1) is 38.5 Å². The van der Waals surface area contributed by atoms with E-state index >= 15 is 0 Å². The largest absolute Gasteiger partial charge is 0.326 e. The third kappa shape index (κ3) is 4.92. The van der Waals surface area contributed by atoms with E-state index in [1.807, 2.05) is 18.2 Å². The molecule has 0 spiro atoms. The average molecular weight is 418 g/mol. The monoisotopic (exact) mass is 417 g/mol. The van der Waals surface area contributed by atoms with Crippen molar-refractivity contribution >= 4 is 17.4 Å². The molecule has 1 unspecified atom stereocenters. The lowest BCUT2D eigenvalue weighted by molar-refractivity contribution is -0.121. The lowest BCUT2D eigenvalue weighted by Crippen LogP contribution is -2.28. The Kier molecular flexibility index (Phi) is 6.60. The van der Waals surface area contributed by atoms with Gasteiger partial charge in [0.15, 0.2) is 5.78 Å². The number of Topliss-reactive ketones (excluding diaryl/α,β-unsaturated/α-hetero) is 1. The third-order valence-electron chi connectivity index (χ3n) is 7.64. The van der Waals surface area contributed by atoms with E-state index in [0.717, 1.165) is 62.6 Å². The van der Waals surface area contributed by atoms with Gasteiger partial charge < -0.3 is 5.32 Å². The van der Waals surface area contributed by atoms with Crippen molar-refractivity contribution in [1.82, 2.24) is 0 Å². The Bertz CT molecular complexity index is 969. The number of carbonyl (C=O) groups is 2. The summed E-state index contributed by atoms with van der Waals surface area (Å²) < 4.78 is 0. The van der Waals surface area contributed by atoms with Crippen molar-refractivity contribution in [3.8, 4) is 0 Å². The molecule has 0 aliphatic heterocycles. The molecular formula is C28H35NO2. The third-order valence-corrected chi connectivity index (χ3v) is 7.64. The number of benzene rings is 2. The van der Waals surface area contributed by atoms with Crippen LogP contribution in [-0.2, 0) is 11.2 Å². The van der Waals surface area contributed by atoms with Gasteiger partial charge in [-0.15, -0.1) is 0 Å². The minimum atomic E-state index is 0.0890. The van der Waals surface area contributed by atoms with Gasteiger partial charge in [-0.1, -0.05) is 24.3 Å². The highest BCUT2D eigenvalue weighted by Gasteiger charge is 2.32. The lowest BCUT2D eigenvalue weighted by atomic mass is 9.76. The van der Waals surface area contributed by atoms with Crippen LogP contribution in [0.25, 0.3) is 0 Å². The molecule has 164 valence electrons. The number of amides is 1. The number of anilines is 1. The van der Waals surface area contributed by atoms with Gasteiger partial charge in [0.1, 0.15) is 0 Å². The van der Waals surface area contributed by atoms with E-state index in [0.29, 0.717) is 11.7 Å². The first kappa shape index (κ1) is 21.8. The number of aryl methyl sites for hydroxylation is 3. The van der Waals surface area contributed by atoms with Gasteiger partial charge in [-0.05, 0) is 112 Å². The Hall–Kier alpha value is -2.42. The van der Waals surface area contributed by atoms with Crippen molar-refractivity contribution in [1.29, 1.82) is 0 Å². The standard InChI is InChI=1S/C28H35NO2/c1-18-10-15-24(16-20(18)3)29-28(31)22-13-11-21(12-14-22)17-23-7-5-8-25-19(2)6-4-9-26(25)27(23)30/h4,6,9-10,15-16,21-23H,5,7-8,11-14,17H2,1-3H3,(H,29,31). The van der Waals surface area contributed by atoms with Crippen molar-refractivity contribution in [3.05, 3.63) is 64.2 Å². The summed E-state index contributed by atoms with van der Waals surface area (Å²) >= 11 is 0. The number of hydrogen-bond acceptors (Lipinski definition) is 2. The second-order valence-corrected chi connectivity index (χ2v) is 9.80. The summed E-state index contributed by atoms with van der Waals surface area (Å²) in [6, 6.07) is 12.3. The molecule has 0 bridgehead atoms. The van der Waals surface area contributed by atoms with Gasteiger partial charge in [0.25, 0.3) is 0 Å². The van der Waals surface area contributed by atoms with Crippen LogP contribution in [0.1, 0.15) is 77.6 Å². The maximum absolute atomic E-state index is 13.2. The first-order valence-electron chi connectivity index (χ1n) is 11.9. The topological polar surface area (TPSA) is 46.2 Å². The molecule has 3 nitrogen and oxygen atoms in total. The van der Waals surface area contributed by atoms with Gasteiger partial charge in [0, 0.05) is 23.1 Å². The summed E-state index contributed by atoms with van der Waals surface area (Å²) in [4.78, 5) is 26.0. The Balaban J connectivity index is 1.32. The molecule has 0 heterocycles. The van der Waals surface area contributed by atoms with Crippen LogP contribution < -0.4 is 5.32 Å². The molecule has 2 aromatic carbocycles. The van der Waals surface area contributed by atoms with Gasteiger partial charge in [-0.2, -0.15) is 0 Å². The second kappa shape index (κ2) is 9.38. The minimum absolute atomic E-state index is 0.0890. The fourth-order valence-electron chi connectivity index (χ4n) is 5.49. The number of carbonyl (C=O) groups excluding carboxylic acids is 2. The highest BCUT2D eigenvalue weighted by molar-refractivity contribution is 5.99. The lowest BCUT2D eigenvalue weighted by Gasteiger charge is -2.30. The van der Waals surface area contributed by atoms with Crippen LogP contribution in [0.15, 0.2) is 36.4 Å². The number of nitrogens with one attached hydrogen (secondary N) is 1. The molecule has 2 aliphatic carbocycles. The zero-order chi connectivity index (χ0) is 22.0. The van der Waals surface area contributed by atoms with Crippen LogP contribution in [0.3, 0.4) is 0 Å². The molecule has 1 N–H and O–H groups in total. The van der Waals surface area contributed by atoms with Crippen LogP contribution in [0.5, 0.6) is 0 Å². The second-order valence-electron chi connectivity index (χ2n) is 9.80. The number of hydrogen-bond donors (Lipinski definition) is 1. The van der Waals surface area contributed by atoms with Crippen LogP contribution in [0.4, 0.5) is 5.69 Å². The highest BCUT2D eigenvalue weighted by atomic mass is 16.2. The van der Waals surface area contributed by atoms with E-state index in [1.54, 1.807) is 0 Å². The summed E-state index contributed by atoms with van der Waals surface area (Å²) in [5.41, 5.74) is 6.82. The van der Waals surface area contributed by atoms with E-state index < -0.39 is 0 Å². The van der Waals surface area contributed by atoms with Crippen LogP contribution in [-0.4, -0.2) is 11.7 Å². The Labute approximate surface area is 186 Å². The summed E-state index contributed by atoms with van der Waals surface area (Å²) in [6.07, 6.45) is 8.07. The van der Waals surface area contributed by atoms with Crippen molar-refractivity contribution in [2.24, 2.45) is 17.8 Å². The molecule has 4 rings (SSSR count). The molecule has 1 amide bonds. The number of rotatable bonds is 4. The molecule has 1 atom stereocenters. The normalized spacial score (nSPS) is 23.7. The molecule has 0 aromatic heterocycles. The van der Waals surface area contributed by atoms with Crippen molar-refractivity contribution < 1.29 is 9.59 Å². The first-order chi connectivity index (χ1) is 14.9. The molecule has 1 fully saturated rings. The molecule has 2 aromatic rings. The fraction of sp³-hybridized carbons (Fsp3) is 0.500. The zero-order valence-corrected chi connectivity index (χ0v) is 19.2. The summed E-state index contributed by atoms with van der Waals surface area (Å²) in [5.74, 6) is 1.30. The van der Waals surface area contributed by atoms with Gasteiger partial charge in [0.05, 0.1) is 0 Å². The maximum Gasteiger partial charge on any atom is 0.227 e. The van der Waals surface area contributed by atoms with E-state index in [2.05, 4.69) is 44.3 Å². The van der Waals surface area contributed by atoms with Gasteiger partial charge in [-0.25, -0.2) is 0 Å². The molecule has 1 saturated carbocycles. The number of ketones is 1. The highest BCUT2D eigenvalue weighted by Crippen LogP contribution is 2.37. The smallest absolute Gasteiger partial charge is 0.227 e. The minimum Gasteiger partial charge on any atom is -0.326 e. The van der Waals surface area contributed by atoms with Crippen LogP contribution in [0.2, 0.25) is 0 Å². The first-order valence-corrected chi connectivity index (χ1v) is 11.9. The Morgan fingerprint density at radius 3 is 2.45 bits per heavy atom. The Morgan fingerprint density at radius 1 is 0.935 bits per heavy atom. The van der Waals surface area contributed by atoms with Crippen molar-refractivity contribution in [3.63, 3.8) is 0 Å². The molecular weight excluding hydrogens is 382 g/mol. The maximum atomic E-state index is 13.2. The molecule has 0 saturated heterocycles. The molecule has 0 radical (unpaired) electrons. The molecule has 2 aliphatic rings. The summed E-state index contributed by atoms with van der Waals surface area (Å²) in [5, 5.41) is 3.11. The van der Waals surface area contributed by atoms with E-state index in [4.69, 9.17) is 0 Å². The summed E-state index contributed by atoms with van der Waals surface area (Å²) in [7, 11) is 0. The fourth-order valence-corrected chi connectivity index (χ4v) is 5.49.